The highest BCUT2D eigenvalue weighted by molar-refractivity contribution is 6.04. The third-order valence-electron chi connectivity index (χ3n) is 4.66. The Balaban J connectivity index is 1.62. The molecule has 6 heteroatoms. The molecule has 0 saturated carbocycles. The molecule has 2 aromatic carbocycles. The molecule has 0 aliphatic carbocycles. The second-order valence-corrected chi connectivity index (χ2v) is 7.28. The van der Waals surface area contributed by atoms with Gasteiger partial charge in [-0.15, -0.1) is 0 Å². The van der Waals surface area contributed by atoms with E-state index < -0.39 is 6.10 Å². The van der Waals surface area contributed by atoms with E-state index in [0.29, 0.717) is 28.7 Å². The van der Waals surface area contributed by atoms with Gasteiger partial charge in [-0.25, -0.2) is 0 Å². The van der Waals surface area contributed by atoms with Crippen molar-refractivity contribution in [2.75, 3.05) is 5.32 Å². The first kappa shape index (κ1) is 21.2. The van der Waals surface area contributed by atoms with E-state index in [0.717, 1.165) is 0 Å². The van der Waals surface area contributed by atoms with Gasteiger partial charge in [-0.3, -0.25) is 9.59 Å². The first-order valence-corrected chi connectivity index (χ1v) is 9.91. The van der Waals surface area contributed by atoms with Crippen molar-refractivity contribution in [3.63, 3.8) is 0 Å². The Bertz CT molecular complexity index is 979. The van der Waals surface area contributed by atoms with Crippen LogP contribution in [-0.2, 0) is 11.3 Å². The van der Waals surface area contributed by atoms with Gasteiger partial charge in [0.2, 0.25) is 0 Å². The van der Waals surface area contributed by atoms with E-state index in [2.05, 4.69) is 24.5 Å². The van der Waals surface area contributed by atoms with Crippen LogP contribution in [-0.4, -0.2) is 17.9 Å². The minimum atomic E-state index is -0.728. The Hall–Kier alpha value is -3.54. The second-order valence-electron chi connectivity index (χ2n) is 7.28. The molecule has 30 heavy (non-hydrogen) atoms. The molecule has 1 aromatic heterocycles. The first-order chi connectivity index (χ1) is 14.4. The summed E-state index contributed by atoms with van der Waals surface area (Å²) in [5.41, 5.74) is 1.99. The fourth-order valence-electron chi connectivity index (χ4n) is 2.89. The molecule has 1 heterocycles. The first-order valence-electron chi connectivity index (χ1n) is 9.91. The van der Waals surface area contributed by atoms with E-state index in [9.17, 15) is 9.59 Å². The molecule has 0 bridgehead atoms. The molecule has 2 amide bonds. The molecule has 1 atom stereocenters. The van der Waals surface area contributed by atoms with E-state index in [1.807, 2.05) is 24.3 Å². The van der Waals surface area contributed by atoms with Crippen LogP contribution in [0.25, 0.3) is 0 Å². The van der Waals surface area contributed by atoms with Crippen LogP contribution in [0.3, 0.4) is 0 Å². The van der Waals surface area contributed by atoms with Crippen molar-refractivity contribution in [1.82, 2.24) is 5.32 Å². The maximum Gasteiger partial charge on any atom is 0.265 e. The van der Waals surface area contributed by atoms with Crippen molar-refractivity contribution in [2.45, 2.75) is 39.3 Å². The lowest BCUT2D eigenvalue weighted by atomic mass is 10.0. The number of nitrogens with one attached hydrogen (secondary N) is 2. The molecule has 6 nitrogen and oxygen atoms in total. The van der Waals surface area contributed by atoms with Crippen molar-refractivity contribution in [3.8, 4) is 5.75 Å². The molecule has 3 rings (SSSR count). The molecule has 0 saturated heterocycles. The number of hydrogen-bond donors (Lipinski definition) is 2. The van der Waals surface area contributed by atoms with Crippen LogP contribution in [0.1, 0.15) is 48.4 Å². The largest absolute Gasteiger partial charge is 0.481 e. The Morgan fingerprint density at radius 3 is 2.37 bits per heavy atom. The lowest BCUT2D eigenvalue weighted by molar-refractivity contribution is -0.122. The van der Waals surface area contributed by atoms with Gasteiger partial charge in [0.05, 0.1) is 24.1 Å². The van der Waals surface area contributed by atoms with E-state index >= 15 is 0 Å². The summed E-state index contributed by atoms with van der Waals surface area (Å²) in [7, 11) is 0. The van der Waals surface area contributed by atoms with E-state index in [1.54, 1.807) is 49.6 Å². The standard InChI is InChI=1S/C24H26N2O4/c1-16(2)18-10-12-19(13-11-18)30-17(3)23(27)26-22-9-5-4-8-21(22)24(28)25-15-20-7-6-14-29-20/h4-14,16-17H,15H2,1-3H3,(H,25,28)(H,26,27). The van der Waals surface area contributed by atoms with Crippen LogP contribution >= 0.6 is 0 Å². The van der Waals surface area contributed by atoms with Crippen molar-refractivity contribution in [3.05, 3.63) is 83.8 Å². The number of amides is 2. The summed E-state index contributed by atoms with van der Waals surface area (Å²) in [6.45, 7) is 6.17. The minimum Gasteiger partial charge on any atom is -0.481 e. The SMILES string of the molecule is CC(Oc1ccc(C(C)C)cc1)C(=O)Nc1ccccc1C(=O)NCc1ccco1. The molecule has 0 spiro atoms. The summed E-state index contributed by atoms with van der Waals surface area (Å²) in [6, 6.07) is 18.1. The Labute approximate surface area is 176 Å². The fraction of sp³-hybridized carbons (Fsp3) is 0.250. The summed E-state index contributed by atoms with van der Waals surface area (Å²) in [4.78, 5) is 25.2. The highest BCUT2D eigenvalue weighted by atomic mass is 16.5. The van der Waals surface area contributed by atoms with Gasteiger partial charge in [0.25, 0.3) is 11.8 Å². The summed E-state index contributed by atoms with van der Waals surface area (Å²) in [5, 5.41) is 5.57. The van der Waals surface area contributed by atoms with E-state index in [1.165, 1.54) is 5.56 Å². The zero-order valence-corrected chi connectivity index (χ0v) is 17.3. The number of benzene rings is 2. The topological polar surface area (TPSA) is 80.6 Å². The average Bonchev–Trinajstić information content (AvgIpc) is 3.26. The summed E-state index contributed by atoms with van der Waals surface area (Å²) in [5.74, 6) is 1.05. The van der Waals surface area contributed by atoms with E-state index in [4.69, 9.17) is 9.15 Å². The van der Waals surface area contributed by atoms with Crippen molar-refractivity contribution < 1.29 is 18.7 Å². The third-order valence-corrected chi connectivity index (χ3v) is 4.66. The number of para-hydroxylation sites is 1. The Morgan fingerprint density at radius 1 is 0.967 bits per heavy atom. The molecular formula is C24H26N2O4. The highest BCUT2D eigenvalue weighted by Crippen LogP contribution is 2.20. The van der Waals surface area contributed by atoms with Gasteiger partial charge in [-0.05, 0) is 54.8 Å². The molecule has 156 valence electrons. The van der Waals surface area contributed by atoms with Gasteiger partial charge in [0.15, 0.2) is 6.10 Å². The van der Waals surface area contributed by atoms with Crippen molar-refractivity contribution in [2.24, 2.45) is 0 Å². The lowest BCUT2D eigenvalue weighted by Crippen LogP contribution is -2.31. The number of carbonyl (C=O) groups is 2. The van der Waals surface area contributed by atoms with Crippen LogP contribution in [0.4, 0.5) is 5.69 Å². The smallest absolute Gasteiger partial charge is 0.265 e. The Kier molecular flexibility index (Phi) is 6.91. The molecule has 2 N–H and O–H groups in total. The van der Waals surface area contributed by atoms with Gasteiger partial charge in [-0.1, -0.05) is 38.1 Å². The quantitative estimate of drug-likeness (QED) is 0.566. The molecule has 0 fully saturated rings. The Morgan fingerprint density at radius 2 is 1.70 bits per heavy atom. The normalized spacial score (nSPS) is 11.7. The number of furan rings is 1. The zero-order valence-electron chi connectivity index (χ0n) is 17.3. The predicted molar refractivity (Wildman–Crippen MR) is 116 cm³/mol. The second kappa shape index (κ2) is 9.78. The van der Waals surface area contributed by atoms with Crippen molar-refractivity contribution in [1.29, 1.82) is 0 Å². The summed E-state index contributed by atoms with van der Waals surface area (Å²) in [6.07, 6.45) is 0.821. The highest BCUT2D eigenvalue weighted by Gasteiger charge is 2.18. The molecule has 3 aromatic rings. The molecule has 0 aliphatic rings. The molecule has 0 aliphatic heterocycles. The summed E-state index contributed by atoms with van der Waals surface area (Å²) < 4.78 is 11.0. The van der Waals surface area contributed by atoms with Gasteiger partial charge in [0, 0.05) is 0 Å². The van der Waals surface area contributed by atoms with Gasteiger partial charge >= 0.3 is 0 Å². The number of rotatable bonds is 8. The van der Waals surface area contributed by atoms with Crippen LogP contribution < -0.4 is 15.4 Å². The van der Waals surface area contributed by atoms with Crippen LogP contribution in [0.15, 0.2) is 71.3 Å². The predicted octanol–water partition coefficient (Wildman–Crippen LogP) is 4.74. The maximum absolute atomic E-state index is 12.6. The maximum atomic E-state index is 12.6. The van der Waals surface area contributed by atoms with Crippen LogP contribution in [0.5, 0.6) is 5.75 Å². The third kappa shape index (κ3) is 5.50. The molecule has 0 radical (unpaired) electrons. The fourth-order valence-corrected chi connectivity index (χ4v) is 2.89. The van der Waals surface area contributed by atoms with Gasteiger partial charge in [-0.2, -0.15) is 0 Å². The van der Waals surface area contributed by atoms with Gasteiger partial charge < -0.3 is 19.8 Å². The monoisotopic (exact) mass is 406 g/mol. The summed E-state index contributed by atoms with van der Waals surface area (Å²) >= 11 is 0. The van der Waals surface area contributed by atoms with Crippen molar-refractivity contribution >= 4 is 17.5 Å². The minimum absolute atomic E-state index is 0.264. The van der Waals surface area contributed by atoms with Crippen LogP contribution in [0, 0.1) is 0 Å². The molecular weight excluding hydrogens is 380 g/mol. The zero-order chi connectivity index (χ0) is 21.5. The van der Waals surface area contributed by atoms with E-state index in [-0.39, 0.29) is 18.4 Å². The number of anilines is 1. The lowest BCUT2D eigenvalue weighted by Gasteiger charge is -2.17. The average molecular weight is 406 g/mol. The number of carbonyl (C=O) groups excluding carboxylic acids is 2. The molecule has 1 unspecified atom stereocenters. The number of hydrogen-bond acceptors (Lipinski definition) is 4. The van der Waals surface area contributed by atoms with Gasteiger partial charge in [0.1, 0.15) is 11.5 Å². The number of ether oxygens (including phenoxy) is 1. The van der Waals surface area contributed by atoms with Crippen LogP contribution in [0.2, 0.25) is 0 Å².